The van der Waals surface area contributed by atoms with Gasteiger partial charge in [0.15, 0.2) is 0 Å². The second-order valence-electron chi connectivity index (χ2n) is 10.4. The van der Waals surface area contributed by atoms with Gasteiger partial charge >= 0.3 is 6.09 Å². The first-order valence-electron chi connectivity index (χ1n) is 12.5. The summed E-state index contributed by atoms with van der Waals surface area (Å²) in [6.45, 7) is 11.2. The van der Waals surface area contributed by atoms with Gasteiger partial charge in [-0.25, -0.2) is 14.2 Å². The molecule has 0 unspecified atom stereocenters. The quantitative estimate of drug-likeness (QED) is 0.433. The van der Waals surface area contributed by atoms with Gasteiger partial charge in [0.1, 0.15) is 17.2 Å². The van der Waals surface area contributed by atoms with Crippen molar-refractivity contribution in [1.29, 1.82) is 0 Å². The van der Waals surface area contributed by atoms with Crippen molar-refractivity contribution in [1.82, 2.24) is 20.4 Å². The van der Waals surface area contributed by atoms with Crippen LogP contribution in [-0.2, 0) is 22.5 Å². The molecule has 1 aromatic rings. The van der Waals surface area contributed by atoms with Crippen molar-refractivity contribution in [3.8, 4) is 0 Å². The van der Waals surface area contributed by atoms with E-state index in [4.69, 9.17) is 4.74 Å². The first-order valence-corrected chi connectivity index (χ1v) is 12.5. The minimum atomic E-state index is -0.585. The van der Waals surface area contributed by atoms with Gasteiger partial charge in [0, 0.05) is 35.3 Å². The molecule has 2 heterocycles. The van der Waals surface area contributed by atoms with E-state index in [0.717, 1.165) is 56.3 Å². The second-order valence-corrected chi connectivity index (χ2v) is 10.4. The van der Waals surface area contributed by atoms with E-state index in [0.29, 0.717) is 18.4 Å². The van der Waals surface area contributed by atoms with Crippen molar-refractivity contribution in [3.05, 3.63) is 35.2 Å². The normalized spacial score (nSPS) is 21.8. The summed E-state index contributed by atoms with van der Waals surface area (Å²) in [6.07, 6.45) is 9.55. The van der Waals surface area contributed by atoms with Crippen molar-refractivity contribution in [2.45, 2.75) is 97.2 Å². The number of aliphatic imine (C=N–C) groups is 1. The van der Waals surface area contributed by atoms with Crippen LogP contribution >= 0.6 is 0 Å². The number of ether oxygens (including phenoxy) is 1. The zero-order chi connectivity index (χ0) is 25.6. The van der Waals surface area contributed by atoms with Gasteiger partial charge in [0.05, 0.1) is 6.20 Å². The van der Waals surface area contributed by atoms with Gasteiger partial charge in [0.25, 0.3) is 0 Å². The molecule has 2 aliphatic rings. The Balaban J connectivity index is 1.70. The lowest BCUT2D eigenvalue weighted by atomic mass is 9.85. The number of aryl methyl sites for hydroxylation is 1. The van der Waals surface area contributed by atoms with Crippen LogP contribution in [-0.4, -0.2) is 40.1 Å². The SMILES string of the molecule is C=N/C(=C\C(=C(/C)F)c1cnn2c1CCCCC2)NC(=O)[C@H]1CCC[C@@H](NC(=O)OC(C)(C)C)C1. The van der Waals surface area contributed by atoms with Crippen LogP contribution in [0.2, 0.25) is 0 Å². The third-order valence-corrected chi connectivity index (χ3v) is 6.36. The van der Waals surface area contributed by atoms with E-state index in [9.17, 15) is 14.0 Å². The van der Waals surface area contributed by atoms with E-state index < -0.39 is 11.7 Å². The maximum Gasteiger partial charge on any atom is 0.407 e. The second kappa shape index (κ2) is 11.6. The molecule has 1 fully saturated rings. The highest BCUT2D eigenvalue weighted by molar-refractivity contribution is 5.83. The standard InChI is InChI=1S/C26H38FN5O3/c1-17(27)20(21-16-29-32-13-8-6-7-12-22(21)32)15-23(28-5)31-24(33)18-10-9-11-19(14-18)30-25(34)35-26(2,3)4/h15-16,18-19H,5-14H2,1-4H3,(H,30,34)(H,31,33)/b20-17-,23-15+/t18-,19+/m0/s1. The maximum atomic E-state index is 14.7. The number of fused-ring (bicyclic) bond motifs is 1. The first-order chi connectivity index (χ1) is 16.6. The summed E-state index contributed by atoms with van der Waals surface area (Å²) < 4.78 is 21.9. The zero-order valence-electron chi connectivity index (χ0n) is 21.3. The number of rotatable bonds is 6. The molecule has 1 aliphatic heterocycles. The van der Waals surface area contributed by atoms with E-state index in [-0.39, 0.29) is 29.5 Å². The van der Waals surface area contributed by atoms with Gasteiger partial charge in [-0.05, 0) is 79.0 Å². The Bertz CT molecular complexity index is 1000. The van der Waals surface area contributed by atoms with Crippen molar-refractivity contribution >= 4 is 24.3 Å². The van der Waals surface area contributed by atoms with Crippen LogP contribution in [0.25, 0.3) is 5.57 Å². The van der Waals surface area contributed by atoms with Crippen LogP contribution in [0.15, 0.2) is 28.9 Å². The Kier molecular flexibility index (Phi) is 8.86. The summed E-state index contributed by atoms with van der Waals surface area (Å²) in [7, 11) is 0. The molecule has 0 radical (unpaired) electrons. The number of nitrogens with zero attached hydrogens (tertiary/aromatic N) is 3. The lowest BCUT2D eigenvalue weighted by molar-refractivity contribution is -0.125. The van der Waals surface area contributed by atoms with Crippen molar-refractivity contribution in [2.24, 2.45) is 10.9 Å². The van der Waals surface area contributed by atoms with E-state index in [1.54, 1.807) is 6.20 Å². The lowest BCUT2D eigenvalue weighted by Gasteiger charge is -2.30. The Morgan fingerprint density at radius 1 is 1.26 bits per heavy atom. The molecule has 0 bridgehead atoms. The summed E-state index contributed by atoms with van der Waals surface area (Å²) in [5.74, 6) is -0.707. The van der Waals surface area contributed by atoms with Crippen molar-refractivity contribution < 1.29 is 18.7 Å². The van der Waals surface area contributed by atoms with Crippen LogP contribution in [0.4, 0.5) is 9.18 Å². The van der Waals surface area contributed by atoms with Crippen LogP contribution in [0.1, 0.15) is 83.9 Å². The van der Waals surface area contributed by atoms with Crippen LogP contribution in [0.5, 0.6) is 0 Å². The number of allylic oxidation sites excluding steroid dienone is 3. The van der Waals surface area contributed by atoms with E-state index in [1.165, 1.54) is 13.0 Å². The molecule has 8 nitrogen and oxygen atoms in total. The van der Waals surface area contributed by atoms with Gasteiger partial charge in [-0.15, -0.1) is 0 Å². The molecule has 0 saturated heterocycles. The minimum absolute atomic E-state index is 0.148. The predicted octanol–water partition coefficient (Wildman–Crippen LogP) is 5.05. The summed E-state index contributed by atoms with van der Waals surface area (Å²) >= 11 is 0. The highest BCUT2D eigenvalue weighted by Crippen LogP contribution is 2.29. The summed E-state index contributed by atoms with van der Waals surface area (Å²) in [5.41, 5.74) is 1.49. The number of alkyl carbamates (subject to hydrolysis) is 1. The monoisotopic (exact) mass is 487 g/mol. The van der Waals surface area contributed by atoms with Gasteiger partial charge < -0.3 is 15.4 Å². The smallest absolute Gasteiger partial charge is 0.407 e. The molecule has 2 N–H and O–H groups in total. The molecule has 1 aromatic heterocycles. The average Bonchev–Trinajstić information content (AvgIpc) is 3.02. The first kappa shape index (κ1) is 26.6. The van der Waals surface area contributed by atoms with E-state index >= 15 is 0 Å². The highest BCUT2D eigenvalue weighted by Gasteiger charge is 2.30. The number of hydrogen-bond donors (Lipinski definition) is 2. The Morgan fingerprint density at radius 3 is 2.71 bits per heavy atom. The molecular formula is C26H38FN5O3. The molecule has 0 spiro atoms. The maximum absolute atomic E-state index is 14.7. The molecule has 1 saturated carbocycles. The Labute approximate surface area is 207 Å². The fourth-order valence-electron chi connectivity index (χ4n) is 4.71. The summed E-state index contributed by atoms with van der Waals surface area (Å²) in [6, 6.07) is -0.148. The molecule has 1 aliphatic carbocycles. The van der Waals surface area contributed by atoms with Crippen LogP contribution in [0.3, 0.4) is 0 Å². The molecule has 35 heavy (non-hydrogen) atoms. The molecule has 192 valence electrons. The molecule has 2 amide bonds. The molecule has 2 atom stereocenters. The summed E-state index contributed by atoms with van der Waals surface area (Å²) in [4.78, 5) is 29.1. The van der Waals surface area contributed by atoms with Gasteiger partial charge in [0.2, 0.25) is 5.91 Å². The Morgan fingerprint density at radius 2 is 2.03 bits per heavy atom. The molecular weight excluding hydrogens is 449 g/mol. The van der Waals surface area contributed by atoms with Gasteiger partial charge in [-0.2, -0.15) is 5.10 Å². The van der Waals surface area contributed by atoms with Gasteiger partial charge in [-0.1, -0.05) is 12.8 Å². The largest absolute Gasteiger partial charge is 0.444 e. The Hall–Kier alpha value is -2.97. The molecule has 0 aromatic carbocycles. The number of aromatic nitrogens is 2. The van der Waals surface area contributed by atoms with Crippen LogP contribution in [0, 0.1) is 5.92 Å². The van der Waals surface area contributed by atoms with Crippen molar-refractivity contribution in [2.75, 3.05) is 0 Å². The lowest BCUT2D eigenvalue weighted by Crippen LogP contribution is -2.44. The highest BCUT2D eigenvalue weighted by atomic mass is 19.1. The number of carbonyl (C=O) groups excluding carboxylic acids is 2. The minimum Gasteiger partial charge on any atom is -0.444 e. The fourth-order valence-corrected chi connectivity index (χ4v) is 4.71. The van der Waals surface area contributed by atoms with E-state index in [1.807, 2.05) is 25.5 Å². The fraction of sp³-hybridized carbons (Fsp3) is 0.615. The number of amides is 2. The molecule has 9 heteroatoms. The number of hydrogen-bond acceptors (Lipinski definition) is 5. The topological polar surface area (TPSA) is 97.6 Å². The predicted molar refractivity (Wildman–Crippen MR) is 134 cm³/mol. The number of nitrogens with one attached hydrogen (secondary N) is 2. The number of carbonyl (C=O) groups is 2. The average molecular weight is 488 g/mol. The van der Waals surface area contributed by atoms with E-state index in [2.05, 4.69) is 27.4 Å². The van der Waals surface area contributed by atoms with Crippen molar-refractivity contribution in [3.63, 3.8) is 0 Å². The number of halogens is 1. The summed E-state index contributed by atoms with van der Waals surface area (Å²) in [5, 5.41) is 10.1. The van der Waals surface area contributed by atoms with Gasteiger partial charge in [-0.3, -0.25) is 9.48 Å². The molecule has 3 rings (SSSR count). The zero-order valence-corrected chi connectivity index (χ0v) is 21.3. The third kappa shape index (κ3) is 7.50. The third-order valence-electron chi connectivity index (χ3n) is 6.36. The van der Waals surface area contributed by atoms with Crippen LogP contribution < -0.4 is 10.6 Å².